The molecule has 0 aliphatic carbocycles. The number of benzene rings is 1. The topological polar surface area (TPSA) is 92.9 Å². The summed E-state index contributed by atoms with van der Waals surface area (Å²) < 4.78 is 13.8. The van der Waals surface area contributed by atoms with Gasteiger partial charge < -0.3 is 15.0 Å². The number of carboxylic acids is 1. The number of aromatic carboxylic acids is 1. The third kappa shape index (κ3) is 6.18. The van der Waals surface area contributed by atoms with Crippen LogP contribution in [-0.2, 0) is 11.8 Å². The normalized spacial score (nSPS) is 12.0. The molecule has 0 fully saturated rings. The van der Waals surface area contributed by atoms with E-state index in [-0.39, 0.29) is 34.4 Å². The number of hydrogen-bond donors (Lipinski definition) is 2. The summed E-state index contributed by atoms with van der Waals surface area (Å²) in [4.78, 5) is 31.3. The highest BCUT2D eigenvalue weighted by atomic mass is 35.5. The Labute approximate surface area is 172 Å². The van der Waals surface area contributed by atoms with Crippen molar-refractivity contribution in [3.8, 4) is 5.75 Å². The van der Waals surface area contributed by atoms with Crippen LogP contribution >= 0.6 is 11.6 Å². The number of carboxylic acid groups (broad SMARTS) is 1. The molecule has 0 atom stereocenters. The van der Waals surface area contributed by atoms with Crippen LogP contribution in [0.25, 0.3) is 0 Å². The van der Waals surface area contributed by atoms with Crippen molar-refractivity contribution in [3.05, 3.63) is 58.5 Å². The van der Waals surface area contributed by atoms with Crippen molar-refractivity contribution in [2.24, 2.45) is 12.0 Å². The number of carbonyl (C=O) groups is 2. The van der Waals surface area contributed by atoms with Gasteiger partial charge in [-0.25, -0.2) is 4.79 Å². The average Bonchev–Trinajstić information content (AvgIpc) is 3.04. The molecule has 0 bridgehead atoms. The van der Waals surface area contributed by atoms with Crippen molar-refractivity contribution < 1.29 is 24.2 Å². The number of aromatic nitrogens is 1. The lowest BCUT2D eigenvalue weighted by molar-refractivity contribution is -0.116. The van der Waals surface area contributed by atoms with Crippen LogP contribution in [0.3, 0.4) is 0 Å². The fourth-order valence-corrected chi connectivity index (χ4v) is 2.72. The monoisotopic (exact) mass is 421 g/mol. The number of nitrogens with zero attached hydrogens (tertiary/aromatic N) is 2. The lowest BCUT2D eigenvalue weighted by Crippen LogP contribution is -2.13. The van der Waals surface area contributed by atoms with Crippen LogP contribution in [0.1, 0.15) is 42.6 Å². The Morgan fingerprint density at radius 2 is 2.03 bits per heavy atom. The Morgan fingerprint density at radius 1 is 1.31 bits per heavy atom. The summed E-state index contributed by atoms with van der Waals surface area (Å²) in [5.41, 5.74) is 2.54. The Kier molecular flexibility index (Phi) is 7.55. The molecule has 0 aliphatic heterocycles. The van der Waals surface area contributed by atoms with Crippen LogP contribution in [0.2, 0.25) is 5.02 Å². The minimum Gasteiger partial charge on any atom is -0.478 e. The summed E-state index contributed by atoms with van der Waals surface area (Å²) in [5.74, 6) is -1.46. The molecule has 2 rings (SSSR count). The van der Waals surface area contributed by atoms with E-state index in [1.807, 2.05) is 6.92 Å². The number of anilines is 1. The number of carbonyl (C=O) groups excluding carboxylic acids is 1. The molecule has 29 heavy (non-hydrogen) atoms. The SMILES string of the molecule is CC(=N/C=C(\C)CCC(=O)Nc1cn(C)cc1C(=O)O)c1ccc(OF)c(Cl)c1. The zero-order valence-corrected chi connectivity index (χ0v) is 17.0. The van der Waals surface area contributed by atoms with Crippen LogP contribution in [0, 0.1) is 0 Å². The number of aliphatic imine (C=N–C) groups is 1. The summed E-state index contributed by atoms with van der Waals surface area (Å²) in [7, 11) is 1.68. The standard InChI is InChI=1S/C20H21ClFN3O4/c1-12(9-23-13(2)14-5-6-18(29-22)16(21)8-14)4-7-19(26)24-17-11-25(3)10-15(17)20(27)28/h5-6,8-11H,4,7H2,1-3H3,(H,24,26)(H,27,28)/b12-9+,23-13?. The maximum Gasteiger partial charge on any atom is 0.339 e. The van der Waals surface area contributed by atoms with E-state index in [0.29, 0.717) is 17.7 Å². The minimum absolute atomic E-state index is 0.0381. The molecule has 154 valence electrons. The van der Waals surface area contributed by atoms with Gasteiger partial charge in [-0.05, 0) is 44.0 Å². The fraction of sp³-hybridized carbons (Fsp3) is 0.250. The van der Waals surface area contributed by atoms with Crippen LogP contribution < -0.4 is 10.3 Å². The molecule has 1 heterocycles. The van der Waals surface area contributed by atoms with E-state index in [9.17, 15) is 14.1 Å². The summed E-state index contributed by atoms with van der Waals surface area (Å²) in [6.07, 6.45) is 5.24. The van der Waals surface area contributed by atoms with E-state index >= 15 is 0 Å². The molecular formula is C20H21ClFN3O4. The number of halogens is 2. The van der Waals surface area contributed by atoms with Gasteiger partial charge in [0.1, 0.15) is 5.56 Å². The Bertz CT molecular complexity index is 982. The number of hydrogen-bond acceptors (Lipinski definition) is 4. The van der Waals surface area contributed by atoms with E-state index < -0.39 is 5.97 Å². The van der Waals surface area contributed by atoms with Gasteiger partial charge in [-0.2, -0.15) is 0 Å². The van der Waals surface area contributed by atoms with Gasteiger partial charge in [0.05, 0.1) is 10.7 Å². The first-order chi connectivity index (χ1) is 13.7. The first-order valence-electron chi connectivity index (χ1n) is 8.69. The smallest absolute Gasteiger partial charge is 0.339 e. The molecule has 7 nitrogen and oxygen atoms in total. The van der Waals surface area contributed by atoms with E-state index in [2.05, 4.69) is 15.3 Å². The lowest BCUT2D eigenvalue weighted by Gasteiger charge is -2.05. The highest BCUT2D eigenvalue weighted by Gasteiger charge is 2.14. The first-order valence-corrected chi connectivity index (χ1v) is 9.06. The van der Waals surface area contributed by atoms with Crippen molar-refractivity contribution in [2.45, 2.75) is 26.7 Å². The second kappa shape index (κ2) is 9.88. The number of nitrogens with one attached hydrogen (secondary N) is 1. The van der Waals surface area contributed by atoms with E-state index in [1.54, 1.807) is 43.1 Å². The van der Waals surface area contributed by atoms with Crippen molar-refractivity contribution in [1.29, 1.82) is 0 Å². The minimum atomic E-state index is -1.10. The molecule has 2 aromatic rings. The highest BCUT2D eigenvalue weighted by Crippen LogP contribution is 2.26. The molecule has 0 spiro atoms. The summed E-state index contributed by atoms with van der Waals surface area (Å²) in [6, 6.07) is 4.59. The van der Waals surface area contributed by atoms with Crippen LogP contribution in [0.5, 0.6) is 5.75 Å². The zero-order chi connectivity index (χ0) is 21.6. The van der Waals surface area contributed by atoms with E-state index in [1.165, 1.54) is 12.3 Å². The van der Waals surface area contributed by atoms with E-state index in [4.69, 9.17) is 16.7 Å². The molecule has 0 unspecified atom stereocenters. The van der Waals surface area contributed by atoms with Gasteiger partial charge in [0.25, 0.3) is 0 Å². The molecule has 1 amide bonds. The molecule has 1 aromatic heterocycles. The van der Waals surface area contributed by atoms with Gasteiger partial charge in [0, 0.05) is 42.3 Å². The third-order valence-corrected chi connectivity index (χ3v) is 4.41. The van der Waals surface area contributed by atoms with Gasteiger partial charge in [-0.3, -0.25) is 14.7 Å². The predicted octanol–water partition coefficient (Wildman–Crippen LogP) is 4.77. The Hall–Kier alpha value is -3.13. The zero-order valence-electron chi connectivity index (χ0n) is 16.2. The van der Waals surface area contributed by atoms with Crippen molar-refractivity contribution in [2.75, 3.05) is 5.32 Å². The van der Waals surface area contributed by atoms with Crippen molar-refractivity contribution in [3.63, 3.8) is 0 Å². The number of rotatable bonds is 8. The summed E-state index contributed by atoms with van der Waals surface area (Å²) >= 11 is 5.90. The number of aryl methyl sites for hydroxylation is 1. The van der Waals surface area contributed by atoms with Crippen molar-refractivity contribution in [1.82, 2.24) is 4.57 Å². The Morgan fingerprint density at radius 3 is 2.66 bits per heavy atom. The third-order valence-electron chi connectivity index (χ3n) is 4.12. The molecule has 0 radical (unpaired) electrons. The quantitative estimate of drug-likeness (QED) is 0.600. The maximum absolute atomic E-state index is 12.2. The second-order valence-electron chi connectivity index (χ2n) is 6.52. The lowest BCUT2D eigenvalue weighted by atomic mass is 10.1. The van der Waals surface area contributed by atoms with Crippen LogP contribution in [-0.4, -0.2) is 27.3 Å². The predicted molar refractivity (Wildman–Crippen MR) is 109 cm³/mol. The molecule has 1 aromatic carbocycles. The largest absolute Gasteiger partial charge is 0.478 e. The molecule has 0 saturated heterocycles. The van der Waals surface area contributed by atoms with Gasteiger partial charge >= 0.3 is 5.97 Å². The molecule has 0 aliphatic rings. The number of amides is 1. The summed E-state index contributed by atoms with van der Waals surface area (Å²) in [5, 5.41) is 11.9. The van der Waals surface area contributed by atoms with Crippen molar-refractivity contribution >= 4 is 34.9 Å². The summed E-state index contributed by atoms with van der Waals surface area (Å²) in [6.45, 7) is 3.61. The van der Waals surface area contributed by atoms with Gasteiger partial charge in [-0.1, -0.05) is 17.2 Å². The second-order valence-corrected chi connectivity index (χ2v) is 6.92. The maximum atomic E-state index is 12.2. The van der Waals surface area contributed by atoms with Gasteiger partial charge in [0.2, 0.25) is 5.91 Å². The average molecular weight is 422 g/mol. The van der Waals surface area contributed by atoms with Crippen LogP contribution in [0.15, 0.2) is 47.4 Å². The molecule has 9 heteroatoms. The molecular weight excluding hydrogens is 401 g/mol. The first kappa shape index (κ1) is 22.2. The molecule has 2 N–H and O–H groups in total. The van der Waals surface area contributed by atoms with E-state index in [0.717, 1.165) is 5.57 Å². The van der Waals surface area contributed by atoms with Crippen LogP contribution in [0.4, 0.5) is 10.2 Å². The van der Waals surface area contributed by atoms with Gasteiger partial charge in [-0.15, -0.1) is 0 Å². The van der Waals surface area contributed by atoms with Gasteiger partial charge in [0.15, 0.2) is 5.75 Å². The number of allylic oxidation sites excluding steroid dienone is 1. The highest BCUT2D eigenvalue weighted by molar-refractivity contribution is 6.32. The fourth-order valence-electron chi connectivity index (χ4n) is 2.51. The molecule has 0 saturated carbocycles. The Balaban J connectivity index is 1.96.